The Labute approximate surface area is 175 Å². The number of nitrogens with zero attached hydrogens (tertiary/aromatic N) is 5. The number of benzene rings is 2. The number of fused-ring (bicyclic) bond motifs is 1. The van der Waals surface area contributed by atoms with E-state index in [0.717, 1.165) is 27.5 Å². The van der Waals surface area contributed by atoms with Crippen molar-refractivity contribution >= 4 is 39.7 Å². The van der Waals surface area contributed by atoms with E-state index in [1.165, 1.54) is 11.3 Å². The molecule has 2 aromatic carbocycles. The molecule has 0 saturated carbocycles. The Morgan fingerprint density at radius 3 is 2.52 bits per heavy atom. The summed E-state index contributed by atoms with van der Waals surface area (Å²) in [4.78, 5) is 14.4. The molecule has 0 fully saturated rings. The van der Waals surface area contributed by atoms with E-state index in [1.807, 2.05) is 77.5 Å². The second-order valence-electron chi connectivity index (χ2n) is 6.43. The average molecular weight is 419 g/mol. The molecule has 0 unspecified atom stereocenters. The smallest absolute Gasteiger partial charge is 0.249 e. The van der Waals surface area contributed by atoms with Crippen LogP contribution in [-0.2, 0) is 0 Å². The zero-order chi connectivity index (χ0) is 19.8. The third-order valence-corrected chi connectivity index (χ3v) is 5.44. The Morgan fingerprint density at radius 2 is 1.72 bits per heavy atom. The van der Waals surface area contributed by atoms with Crippen molar-refractivity contribution in [2.75, 3.05) is 5.32 Å². The van der Waals surface area contributed by atoms with E-state index in [9.17, 15) is 0 Å². The van der Waals surface area contributed by atoms with Crippen LogP contribution in [0, 0.1) is 6.92 Å². The molecule has 0 aliphatic carbocycles. The van der Waals surface area contributed by atoms with Crippen molar-refractivity contribution in [1.29, 1.82) is 0 Å². The molecule has 5 aromatic rings. The molecule has 0 bridgehead atoms. The van der Waals surface area contributed by atoms with Crippen LogP contribution in [0.2, 0.25) is 5.02 Å². The maximum Gasteiger partial charge on any atom is 0.249 e. The van der Waals surface area contributed by atoms with Gasteiger partial charge in [0.1, 0.15) is 11.6 Å². The van der Waals surface area contributed by atoms with E-state index in [1.54, 1.807) is 0 Å². The van der Waals surface area contributed by atoms with Gasteiger partial charge in [0, 0.05) is 27.6 Å². The van der Waals surface area contributed by atoms with Crippen LogP contribution in [0.3, 0.4) is 0 Å². The van der Waals surface area contributed by atoms with Crippen LogP contribution in [0.1, 0.15) is 5.82 Å². The first-order valence-electron chi connectivity index (χ1n) is 8.94. The highest BCUT2D eigenvalue weighted by Gasteiger charge is 2.13. The van der Waals surface area contributed by atoms with Crippen LogP contribution in [0.4, 0.5) is 11.8 Å². The molecular formula is C21H15ClN6S. The number of anilines is 2. The van der Waals surface area contributed by atoms with E-state index < -0.39 is 0 Å². The molecule has 0 amide bonds. The van der Waals surface area contributed by atoms with Crippen LogP contribution in [0.5, 0.6) is 0 Å². The maximum atomic E-state index is 6.00. The molecule has 29 heavy (non-hydrogen) atoms. The van der Waals surface area contributed by atoms with Crippen LogP contribution in [0.25, 0.3) is 27.5 Å². The second-order valence-corrected chi connectivity index (χ2v) is 7.71. The van der Waals surface area contributed by atoms with Crippen molar-refractivity contribution in [2.24, 2.45) is 0 Å². The molecule has 0 aliphatic rings. The Kier molecular flexibility index (Phi) is 4.46. The molecule has 0 radical (unpaired) electrons. The second kappa shape index (κ2) is 7.27. The van der Waals surface area contributed by atoms with Crippen LogP contribution in [-0.4, -0.2) is 24.6 Å². The van der Waals surface area contributed by atoms with E-state index in [-0.39, 0.29) is 0 Å². The average Bonchev–Trinajstić information content (AvgIpc) is 3.29. The van der Waals surface area contributed by atoms with Gasteiger partial charge in [-0.15, -0.1) is 16.4 Å². The predicted molar refractivity (Wildman–Crippen MR) is 117 cm³/mol. The fourth-order valence-corrected chi connectivity index (χ4v) is 4.01. The Hall–Kier alpha value is -3.29. The number of hydrogen-bond donors (Lipinski definition) is 1. The molecule has 0 saturated heterocycles. The van der Waals surface area contributed by atoms with Crippen molar-refractivity contribution in [3.63, 3.8) is 0 Å². The first-order valence-corrected chi connectivity index (χ1v) is 10.2. The molecule has 0 spiro atoms. The van der Waals surface area contributed by atoms with Crippen LogP contribution < -0.4 is 5.32 Å². The standard InChI is InChI=1S/C21H15ClN6S/c1-13-23-17(14-5-3-2-4-6-14)11-19(24-13)25-20-26-21-28(27-20)18(12-29-21)15-7-9-16(22)10-8-15/h2-12H,1H3,(H,23,24,25,27). The van der Waals surface area contributed by atoms with Crippen LogP contribution >= 0.6 is 22.9 Å². The van der Waals surface area contributed by atoms with Crippen LogP contribution in [0.15, 0.2) is 66.0 Å². The van der Waals surface area contributed by atoms with E-state index in [2.05, 4.69) is 25.4 Å². The fraction of sp³-hybridized carbons (Fsp3) is 0.0476. The van der Waals surface area contributed by atoms with E-state index >= 15 is 0 Å². The van der Waals surface area contributed by atoms with Gasteiger partial charge in [0.15, 0.2) is 0 Å². The Bertz CT molecular complexity index is 1290. The molecule has 8 heteroatoms. The van der Waals surface area contributed by atoms with Gasteiger partial charge < -0.3 is 5.32 Å². The van der Waals surface area contributed by atoms with Gasteiger partial charge in [-0.2, -0.15) is 4.98 Å². The monoisotopic (exact) mass is 418 g/mol. The van der Waals surface area contributed by atoms with Crippen molar-refractivity contribution < 1.29 is 0 Å². The highest BCUT2D eigenvalue weighted by atomic mass is 35.5. The third kappa shape index (κ3) is 3.57. The summed E-state index contributed by atoms with van der Waals surface area (Å²) < 4.78 is 1.82. The highest BCUT2D eigenvalue weighted by Crippen LogP contribution is 2.28. The number of halogens is 1. The molecule has 1 N–H and O–H groups in total. The topological polar surface area (TPSA) is 68.0 Å². The molecule has 6 nitrogen and oxygen atoms in total. The molecule has 142 valence electrons. The van der Waals surface area contributed by atoms with Gasteiger partial charge in [0.2, 0.25) is 10.9 Å². The maximum absolute atomic E-state index is 6.00. The lowest BCUT2D eigenvalue weighted by atomic mass is 10.1. The summed E-state index contributed by atoms with van der Waals surface area (Å²) in [6.07, 6.45) is 0. The molecule has 3 aromatic heterocycles. The lowest BCUT2D eigenvalue weighted by molar-refractivity contribution is 0.983. The van der Waals surface area contributed by atoms with Gasteiger partial charge in [0.05, 0.1) is 11.4 Å². The van der Waals surface area contributed by atoms with Gasteiger partial charge >= 0.3 is 0 Å². The molecular weight excluding hydrogens is 404 g/mol. The summed E-state index contributed by atoms with van der Waals surface area (Å²) >= 11 is 7.53. The Morgan fingerprint density at radius 1 is 0.931 bits per heavy atom. The number of hydrogen-bond acceptors (Lipinski definition) is 6. The number of aryl methyl sites for hydroxylation is 1. The molecule has 0 aliphatic heterocycles. The Balaban J connectivity index is 1.48. The summed E-state index contributed by atoms with van der Waals surface area (Å²) in [5.74, 6) is 1.82. The summed E-state index contributed by atoms with van der Waals surface area (Å²) in [6, 6.07) is 19.6. The summed E-state index contributed by atoms with van der Waals surface area (Å²) in [6.45, 7) is 1.87. The van der Waals surface area contributed by atoms with Crippen molar-refractivity contribution in [1.82, 2.24) is 24.6 Å². The van der Waals surface area contributed by atoms with Crippen molar-refractivity contribution in [3.05, 3.63) is 76.9 Å². The largest absolute Gasteiger partial charge is 0.307 e. The van der Waals surface area contributed by atoms with Gasteiger partial charge in [-0.1, -0.05) is 54.1 Å². The van der Waals surface area contributed by atoms with Crippen molar-refractivity contribution in [3.8, 4) is 22.5 Å². The number of rotatable bonds is 4. The quantitative estimate of drug-likeness (QED) is 0.410. The van der Waals surface area contributed by atoms with E-state index in [0.29, 0.717) is 22.6 Å². The summed E-state index contributed by atoms with van der Waals surface area (Å²) in [7, 11) is 0. The summed E-state index contributed by atoms with van der Waals surface area (Å²) in [5, 5.41) is 10.6. The zero-order valence-electron chi connectivity index (χ0n) is 15.4. The van der Waals surface area contributed by atoms with E-state index in [4.69, 9.17) is 11.6 Å². The molecule has 3 heterocycles. The minimum atomic E-state index is 0.490. The minimum Gasteiger partial charge on any atom is -0.307 e. The fourth-order valence-electron chi connectivity index (χ4n) is 3.06. The van der Waals surface area contributed by atoms with Gasteiger partial charge in [-0.05, 0) is 19.1 Å². The number of thiazole rings is 1. The SMILES string of the molecule is Cc1nc(Nc2nc3scc(-c4ccc(Cl)cc4)n3n2)cc(-c2ccccc2)n1. The molecule has 5 rings (SSSR count). The molecule has 0 atom stereocenters. The predicted octanol–water partition coefficient (Wildman–Crippen LogP) is 5.62. The third-order valence-electron chi connectivity index (χ3n) is 4.37. The summed E-state index contributed by atoms with van der Waals surface area (Å²) in [5.41, 5.74) is 3.88. The number of nitrogens with one attached hydrogen (secondary N) is 1. The highest BCUT2D eigenvalue weighted by molar-refractivity contribution is 7.15. The lowest BCUT2D eigenvalue weighted by Gasteiger charge is -2.06. The van der Waals surface area contributed by atoms with Crippen molar-refractivity contribution in [2.45, 2.75) is 6.92 Å². The van der Waals surface area contributed by atoms with Gasteiger partial charge in [-0.3, -0.25) is 0 Å². The lowest BCUT2D eigenvalue weighted by Crippen LogP contribution is -2.00. The first kappa shape index (κ1) is 17.8. The minimum absolute atomic E-state index is 0.490. The van der Waals surface area contributed by atoms with Gasteiger partial charge in [0.25, 0.3) is 0 Å². The normalized spacial score (nSPS) is 11.1. The number of aromatic nitrogens is 5. The first-order chi connectivity index (χ1) is 14.2. The zero-order valence-corrected chi connectivity index (χ0v) is 16.9. The van der Waals surface area contributed by atoms with Gasteiger partial charge in [-0.25, -0.2) is 14.5 Å².